The minimum atomic E-state index is -3.98. The molecule has 0 saturated heterocycles. The molecule has 1 fully saturated rings. The third-order valence-electron chi connectivity index (χ3n) is 5.76. The molecule has 0 atom stereocenters. The smallest absolute Gasteiger partial charge is 0.328 e. The lowest BCUT2D eigenvalue weighted by Crippen LogP contribution is -2.44. The molecule has 0 spiro atoms. The molecule has 3 amide bonds. The van der Waals surface area contributed by atoms with E-state index in [1.165, 1.54) is 25.3 Å². The van der Waals surface area contributed by atoms with Crippen molar-refractivity contribution in [2.24, 2.45) is 0 Å². The summed E-state index contributed by atoms with van der Waals surface area (Å²) in [7, 11) is -2.50. The highest BCUT2D eigenvalue weighted by Crippen LogP contribution is 2.22. The Kier molecular flexibility index (Phi) is 9.18. The lowest BCUT2D eigenvalue weighted by atomic mass is 10.1. The predicted octanol–water partition coefficient (Wildman–Crippen LogP) is 4.03. The van der Waals surface area contributed by atoms with Crippen LogP contribution >= 0.6 is 11.6 Å². The van der Waals surface area contributed by atoms with Crippen LogP contribution in [0.4, 0.5) is 4.79 Å². The van der Waals surface area contributed by atoms with Gasteiger partial charge in [-0.1, -0.05) is 49.4 Å². The molecule has 184 valence electrons. The number of hydrogen-bond donors (Lipinski definition) is 3. The summed E-state index contributed by atoms with van der Waals surface area (Å²) in [5.74, 6) is 0.106. The number of hydrogen-bond acceptors (Lipinski definition) is 5. The van der Waals surface area contributed by atoms with Gasteiger partial charge in [-0.25, -0.2) is 17.9 Å². The highest BCUT2D eigenvalue weighted by Gasteiger charge is 2.21. The van der Waals surface area contributed by atoms with Crippen molar-refractivity contribution in [2.75, 3.05) is 13.7 Å². The third kappa shape index (κ3) is 7.36. The van der Waals surface area contributed by atoms with E-state index in [-0.39, 0.29) is 16.8 Å². The van der Waals surface area contributed by atoms with Gasteiger partial charge < -0.3 is 15.4 Å². The van der Waals surface area contributed by atoms with Gasteiger partial charge in [0.1, 0.15) is 5.75 Å². The number of rotatable bonds is 8. The molecule has 0 radical (unpaired) electrons. The van der Waals surface area contributed by atoms with Gasteiger partial charge in [-0.15, -0.1) is 0 Å². The maximum atomic E-state index is 12.6. The van der Waals surface area contributed by atoms with Crippen LogP contribution < -0.4 is 20.1 Å². The number of benzene rings is 2. The zero-order valence-electron chi connectivity index (χ0n) is 19.1. The fraction of sp³-hybridized carbons (Fsp3) is 0.417. The van der Waals surface area contributed by atoms with Gasteiger partial charge in [-0.3, -0.25) is 4.79 Å². The summed E-state index contributed by atoms with van der Waals surface area (Å²) in [5, 5.41) is 6.01. The molecule has 0 unspecified atom stereocenters. The summed E-state index contributed by atoms with van der Waals surface area (Å²) in [4.78, 5) is 24.7. The fourth-order valence-electron chi connectivity index (χ4n) is 3.93. The van der Waals surface area contributed by atoms with Gasteiger partial charge in [0.05, 0.1) is 17.6 Å². The highest BCUT2D eigenvalue weighted by atomic mass is 35.5. The highest BCUT2D eigenvalue weighted by molar-refractivity contribution is 7.90. The number of ether oxygens (including phenoxy) is 1. The second kappa shape index (κ2) is 12.1. The quantitative estimate of drug-likeness (QED) is 0.467. The van der Waals surface area contributed by atoms with Gasteiger partial charge in [0.15, 0.2) is 0 Å². The molecule has 3 N–H and O–H groups in total. The molecule has 3 rings (SSSR count). The standard InChI is InChI=1S/C24H30ClN3O5S/c1-33-22-13-10-18(25)16-21(22)23(29)26-15-14-17-8-11-20(12-9-17)34(31,32)28-24(30)27-19-6-4-2-3-5-7-19/h8-13,16,19H,2-7,14-15H2,1H3,(H,26,29)(H2,27,28,30). The minimum Gasteiger partial charge on any atom is -0.496 e. The number of urea groups is 1. The number of sulfonamides is 1. The Morgan fingerprint density at radius 3 is 2.35 bits per heavy atom. The van der Waals surface area contributed by atoms with Gasteiger partial charge in [0.25, 0.3) is 15.9 Å². The molecule has 1 saturated carbocycles. The Morgan fingerprint density at radius 2 is 1.71 bits per heavy atom. The molecule has 0 aliphatic heterocycles. The Balaban J connectivity index is 1.51. The summed E-state index contributed by atoms with van der Waals surface area (Å²) >= 11 is 5.97. The summed E-state index contributed by atoms with van der Waals surface area (Å²) in [5.41, 5.74) is 1.17. The second-order valence-corrected chi connectivity index (χ2v) is 10.4. The van der Waals surface area contributed by atoms with E-state index in [0.29, 0.717) is 29.3 Å². The van der Waals surface area contributed by atoms with Crippen LogP contribution in [0.2, 0.25) is 5.02 Å². The zero-order valence-corrected chi connectivity index (χ0v) is 20.7. The van der Waals surface area contributed by atoms with E-state index in [1.54, 1.807) is 24.3 Å². The molecular formula is C24H30ClN3O5S. The van der Waals surface area contributed by atoms with Crippen LogP contribution in [-0.2, 0) is 16.4 Å². The van der Waals surface area contributed by atoms with E-state index < -0.39 is 16.1 Å². The second-order valence-electron chi connectivity index (χ2n) is 8.26. The van der Waals surface area contributed by atoms with Crippen molar-refractivity contribution >= 4 is 33.6 Å². The van der Waals surface area contributed by atoms with Gasteiger partial charge in [-0.2, -0.15) is 0 Å². The van der Waals surface area contributed by atoms with Crippen molar-refractivity contribution in [3.8, 4) is 5.75 Å². The van der Waals surface area contributed by atoms with Crippen molar-refractivity contribution < 1.29 is 22.7 Å². The first kappa shape index (κ1) is 25.8. The van der Waals surface area contributed by atoms with E-state index in [1.807, 2.05) is 0 Å². The van der Waals surface area contributed by atoms with Crippen molar-refractivity contribution in [3.05, 3.63) is 58.6 Å². The molecule has 1 aliphatic carbocycles. The van der Waals surface area contributed by atoms with Crippen LogP contribution in [0.5, 0.6) is 5.75 Å². The first-order valence-corrected chi connectivity index (χ1v) is 13.2. The maximum Gasteiger partial charge on any atom is 0.328 e. The summed E-state index contributed by atoms with van der Waals surface area (Å²) in [6.45, 7) is 0.336. The molecule has 0 heterocycles. The van der Waals surface area contributed by atoms with Gasteiger partial charge in [-0.05, 0) is 55.2 Å². The summed E-state index contributed by atoms with van der Waals surface area (Å²) in [6, 6.07) is 10.3. The summed E-state index contributed by atoms with van der Waals surface area (Å²) < 4.78 is 32.4. The van der Waals surface area contributed by atoms with Crippen LogP contribution in [0.3, 0.4) is 0 Å². The molecule has 2 aromatic carbocycles. The van der Waals surface area contributed by atoms with Crippen LogP contribution in [0.25, 0.3) is 0 Å². The number of carbonyl (C=O) groups excluding carboxylic acids is 2. The number of amides is 3. The SMILES string of the molecule is COc1ccc(Cl)cc1C(=O)NCCc1ccc(S(=O)(=O)NC(=O)NC2CCCCCC2)cc1. The zero-order chi connectivity index (χ0) is 24.6. The Hall–Kier alpha value is -2.78. The fourth-order valence-corrected chi connectivity index (χ4v) is 5.02. The van der Waals surface area contributed by atoms with E-state index in [9.17, 15) is 18.0 Å². The van der Waals surface area contributed by atoms with Crippen LogP contribution in [0.15, 0.2) is 47.4 Å². The largest absolute Gasteiger partial charge is 0.496 e. The molecule has 8 nitrogen and oxygen atoms in total. The Morgan fingerprint density at radius 1 is 1.03 bits per heavy atom. The van der Waals surface area contributed by atoms with Gasteiger partial charge in [0, 0.05) is 17.6 Å². The van der Waals surface area contributed by atoms with Gasteiger partial charge in [0.2, 0.25) is 0 Å². The Labute approximate surface area is 205 Å². The average Bonchev–Trinajstić information content (AvgIpc) is 3.07. The molecular weight excluding hydrogens is 478 g/mol. The normalized spacial score (nSPS) is 14.6. The molecule has 0 aromatic heterocycles. The number of carbonyl (C=O) groups is 2. The number of halogens is 1. The minimum absolute atomic E-state index is 0.0000317. The predicted molar refractivity (Wildman–Crippen MR) is 131 cm³/mol. The Bertz CT molecular complexity index is 1100. The first-order chi connectivity index (χ1) is 16.3. The van der Waals surface area contributed by atoms with Gasteiger partial charge >= 0.3 is 6.03 Å². The van der Waals surface area contributed by atoms with E-state index >= 15 is 0 Å². The van der Waals surface area contributed by atoms with Crippen LogP contribution in [0.1, 0.15) is 54.4 Å². The van der Waals surface area contributed by atoms with Crippen LogP contribution in [0, 0.1) is 0 Å². The van der Waals surface area contributed by atoms with E-state index in [0.717, 1.165) is 44.1 Å². The average molecular weight is 508 g/mol. The summed E-state index contributed by atoms with van der Waals surface area (Å²) in [6.07, 6.45) is 6.57. The molecule has 0 bridgehead atoms. The third-order valence-corrected chi connectivity index (χ3v) is 7.34. The molecule has 10 heteroatoms. The number of nitrogens with one attached hydrogen (secondary N) is 3. The van der Waals surface area contributed by atoms with Crippen molar-refractivity contribution in [3.63, 3.8) is 0 Å². The molecule has 1 aliphatic rings. The molecule has 34 heavy (non-hydrogen) atoms. The van der Waals surface area contributed by atoms with Crippen molar-refractivity contribution in [1.82, 2.24) is 15.4 Å². The topological polar surface area (TPSA) is 114 Å². The maximum absolute atomic E-state index is 12.6. The number of methoxy groups -OCH3 is 1. The monoisotopic (exact) mass is 507 g/mol. The first-order valence-electron chi connectivity index (χ1n) is 11.3. The lowest BCUT2D eigenvalue weighted by Gasteiger charge is -2.16. The lowest BCUT2D eigenvalue weighted by molar-refractivity contribution is 0.0951. The van der Waals surface area contributed by atoms with Crippen molar-refractivity contribution in [2.45, 2.75) is 55.9 Å². The van der Waals surface area contributed by atoms with E-state index in [4.69, 9.17) is 16.3 Å². The van der Waals surface area contributed by atoms with Crippen LogP contribution in [-0.4, -0.2) is 40.1 Å². The molecule has 2 aromatic rings. The van der Waals surface area contributed by atoms with Crippen molar-refractivity contribution in [1.29, 1.82) is 0 Å². The van der Waals surface area contributed by atoms with E-state index in [2.05, 4.69) is 15.4 Å².